The third-order valence-corrected chi connectivity index (χ3v) is 9.04. The molecule has 0 spiro atoms. The van der Waals surface area contributed by atoms with Gasteiger partial charge < -0.3 is 14.5 Å². The predicted octanol–water partition coefficient (Wildman–Crippen LogP) is 1.62. The molecular formula is C24H30N6O5S2. The van der Waals surface area contributed by atoms with Gasteiger partial charge in [0.2, 0.25) is 5.91 Å². The average Bonchev–Trinajstić information content (AvgIpc) is 3.45. The fourth-order valence-corrected chi connectivity index (χ4v) is 6.19. The molecule has 2 aliphatic heterocycles. The van der Waals surface area contributed by atoms with Crippen molar-refractivity contribution in [3.8, 4) is 0 Å². The molecule has 0 aromatic carbocycles. The molecule has 1 aliphatic carbocycles. The van der Waals surface area contributed by atoms with Gasteiger partial charge >= 0.3 is 0 Å². The lowest BCUT2D eigenvalue weighted by atomic mass is 10.2. The molecule has 13 heteroatoms. The molecule has 4 heterocycles. The quantitative estimate of drug-likeness (QED) is 0.372. The van der Waals surface area contributed by atoms with Gasteiger partial charge in [-0.15, -0.1) is 11.3 Å². The summed E-state index contributed by atoms with van der Waals surface area (Å²) in [5.41, 5.74) is 0.536. The van der Waals surface area contributed by atoms with Crippen LogP contribution in [0.2, 0.25) is 0 Å². The van der Waals surface area contributed by atoms with Gasteiger partial charge in [-0.3, -0.25) is 24.0 Å². The van der Waals surface area contributed by atoms with E-state index in [2.05, 4.69) is 25.3 Å². The van der Waals surface area contributed by atoms with Gasteiger partial charge in [0.1, 0.15) is 5.03 Å². The van der Waals surface area contributed by atoms with Gasteiger partial charge in [0.15, 0.2) is 16.9 Å². The molecule has 2 amide bonds. The first-order chi connectivity index (χ1) is 18.0. The lowest BCUT2D eigenvalue weighted by Crippen LogP contribution is -2.47. The Morgan fingerprint density at radius 3 is 2.65 bits per heavy atom. The van der Waals surface area contributed by atoms with Gasteiger partial charge in [0, 0.05) is 74.2 Å². The Bertz CT molecular complexity index is 1170. The minimum atomic E-state index is -1.13. The van der Waals surface area contributed by atoms with Crippen LogP contribution in [0, 0.1) is 0 Å². The third kappa shape index (κ3) is 6.78. The Labute approximate surface area is 221 Å². The number of rotatable bonds is 9. The van der Waals surface area contributed by atoms with Crippen LogP contribution in [0.3, 0.4) is 0 Å². The standard InChI is InChI=1S/C24H30N6O5S2/c1-16(31)30-9-7-29(8-10-30)14-19-13-26-24(36-19)27-23(32)22(28-35-18-6-11-34-15-18)17-2-5-21(25-12-17)37(33)20-3-4-20/h2,5,12-13,18,20H,3-4,6-11,14-15H2,1H3,(H,26,27,32)/b28-22+/t18-,37?/m1/s1. The van der Waals surface area contributed by atoms with Crippen molar-refractivity contribution in [3.05, 3.63) is 35.0 Å². The van der Waals surface area contributed by atoms with E-state index in [0.29, 0.717) is 55.0 Å². The minimum absolute atomic E-state index is 0.0697. The number of nitrogens with one attached hydrogen (secondary N) is 1. The molecule has 3 fully saturated rings. The summed E-state index contributed by atoms with van der Waals surface area (Å²) >= 11 is 1.40. The van der Waals surface area contributed by atoms with E-state index >= 15 is 0 Å². The number of oxime groups is 1. The molecule has 1 unspecified atom stereocenters. The van der Waals surface area contributed by atoms with Crippen LogP contribution in [0.1, 0.15) is 36.6 Å². The average molecular weight is 547 g/mol. The predicted molar refractivity (Wildman–Crippen MR) is 139 cm³/mol. The van der Waals surface area contributed by atoms with Crippen molar-refractivity contribution in [2.45, 2.75) is 49.1 Å². The maximum atomic E-state index is 13.2. The third-order valence-electron chi connectivity index (χ3n) is 6.41. The zero-order valence-corrected chi connectivity index (χ0v) is 22.3. The van der Waals surface area contributed by atoms with E-state index in [-0.39, 0.29) is 23.0 Å². The number of hydrogen-bond acceptors (Lipinski definition) is 10. The topological polar surface area (TPSA) is 126 Å². The van der Waals surface area contributed by atoms with Gasteiger partial charge in [-0.05, 0) is 25.0 Å². The second-order valence-corrected chi connectivity index (χ2v) is 12.1. The highest BCUT2D eigenvalue weighted by atomic mass is 32.2. The molecule has 2 atom stereocenters. The number of aromatic nitrogens is 2. The number of hydrogen-bond donors (Lipinski definition) is 1. The van der Waals surface area contributed by atoms with Gasteiger partial charge in [0.05, 0.1) is 24.0 Å². The SMILES string of the molecule is CC(=O)N1CCN(Cc2cnc(NC(=O)/C(=N/O[C@@H]3CCOC3)c3ccc(S(=O)C4CC4)nc3)s2)CC1. The smallest absolute Gasteiger partial charge is 0.280 e. The van der Waals surface area contributed by atoms with E-state index in [1.165, 1.54) is 17.5 Å². The van der Waals surface area contributed by atoms with E-state index in [1.54, 1.807) is 25.3 Å². The fourth-order valence-electron chi connectivity index (χ4n) is 4.08. The number of pyridine rings is 1. The number of carbonyl (C=O) groups excluding carboxylic acids is 2. The number of piperazine rings is 1. The Balaban J connectivity index is 1.24. The molecule has 3 aliphatic rings. The zero-order valence-electron chi connectivity index (χ0n) is 20.6. The summed E-state index contributed by atoms with van der Waals surface area (Å²) in [7, 11) is -1.13. The highest BCUT2D eigenvalue weighted by molar-refractivity contribution is 7.85. The molecule has 37 heavy (non-hydrogen) atoms. The molecule has 1 N–H and O–H groups in total. The van der Waals surface area contributed by atoms with Crippen molar-refractivity contribution < 1.29 is 23.4 Å². The summed E-state index contributed by atoms with van der Waals surface area (Å²) in [6.45, 7) is 6.34. The van der Waals surface area contributed by atoms with Crippen molar-refractivity contribution in [1.29, 1.82) is 0 Å². The molecule has 11 nitrogen and oxygen atoms in total. The first kappa shape index (κ1) is 25.9. The fraction of sp³-hybridized carbons (Fsp3) is 0.542. The van der Waals surface area contributed by atoms with E-state index in [9.17, 15) is 13.8 Å². The van der Waals surface area contributed by atoms with Gasteiger partial charge in [-0.1, -0.05) is 5.16 Å². The van der Waals surface area contributed by atoms with E-state index in [4.69, 9.17) is 9.57 Å². The second-order valence-electron chi connectivity index (χ2n) is 9.28. The highest BCUT2D eigenvalue weighted by Gasteiger charge is 2.30. The number of carbonyl (C=O) groups is 2. The number of ether oxygens (including phenoxy) is 1. The van der Waals surface area contributed by atoms with Crippen molar-refractivity contribution in [2.75, 3.05) is 44.7 Å². The Morgan fingerprint density at radius 2 is 2.00 bits per heavy atom. The van der Waals surface area contributed by atoms with Crippen LogP contribution in [0.4, 0.5) is 5.13 Å². The summed E-state index contributed by atoms with van der Waals surface area (Å²) in [4.78, 5) is 44.2. The Hall–Kier alpha value is -2.74. The molecule has 0 bridgehead atoms. The number of amides is 2. The van der Waals surface area contributed by atoms with Crippen LogP contribution >= 0.6 is 11.3 Å². The Morgan fingerprint density at radius 1 is 1.19 bits per heavy atom. The maximum absolute atomic E-state index is 13.2. The first-order valence-corrected chi connectivity index (χ1v) is 14.4. The molecule has 2 aromatic heterocycles. The summed E-state index contributed by atoms with van der Waals surface area (Å²) in [5.74, 6) is -0.363. The summed E-state index contributed by atoms with van der Waals surface area (Å²) < 4.78 is 17.8. The summed E-state index contributed by atoms with van der Waals surface area (Å²) in [5, 5.41) is 8.13. The second kappa shape index (κ2) is 11.8. The van der Waals surface area contributed by atoms with Crippen LogP contribution in [0.5, 0.6) is 0 Å². The van der Waals surface area contributed by atoms with Gasteiger partial charge in [-0.25, -0.2) is 9.97 Å². The van der Waals surface area contributed by atoms with Gasteiger partial charge in [0.25, 0.3) is 5.91 Å². The van der Waals surface area contributed by atoms with Crippen molar-refractivity contribution in [2.24, 2.45) is 5.16 Å². The van der Waals surface area contributed by atoms with Crippen molar-refractivity contribution in [1.82, 2.24) is 19.8 Å². The van der Waals surface area contributed by atoms with Crippen LogP contribution in [0.15, 0.2) is 34.7 Å². The molecule has 2 aromatic rings. The largest absolute Gasteiger partial charge is 0.389 e. The Kier molecular flexibility index (Phi) is 8.23. The highest BCUT2D eigenvalue weighted by Crippen LogP contribution is 2.29. The van der Waals surface area contributed by atoms with E-state index < -0.39 is 16.7 Å². The van der Waals surface area contributed by atoms with Crippen LogP contribution in [-0.2, 0) is 36.5 Å². The molecule has 1 saturated carbocycles. The summed E-state index contributed by atoms with van der Waals surface area (Å²) in [6, 6.07) is 3.38. The molecule has 198 valence electrons. The minimum Gasteiger partial charge on any atom is -0.389 e. The lowest BCUT2D eigenvalue weighted by Gasteiger charge is -2.33. The van der Waals surface area contributed by atoms with Gasteiger partial charge in [-0.2, -0.15) is 0 Å². The first-order valence-electron chi connectivity index (χ1n) is 12.4. The zero-order chi connectivity index (χ0) is 25.8. The van der Waals surface area contributed by atoms with E-state index in [1.807, 2.05) is 4.90 Å². The van der Waals surface area contributed by atoms with Crippen molar-refractivity contribution in [3.63, 3.8) is 0 Å². The number of anilines is 1. The summed E-state index contributed by atoms with van der Waals surface area (Å²) in [6.07, 6.45) is 5.65. The number of thiazole rings is 1. The van der Waals surface area contributed by atoms with Crippen LogP contribution in [0.25, 0.3) is 0 Å². The number of nitrogens with zero attached hydrogens (tertiary/aromatic N) is 5. The molecule has 5 rings (SSSR count). The maximum Gasteiger partial charge on any atom is 0.280 e. The molecular weight excluding hydrogens is 516 g/mol. The molecule has 0 radical (unpaired) electrons. The lowest BCUT2D eigenvalue weighted by molar-refractivity contribution is -0.130. The van der Waals surface area contributed by atoms with E-state index in [0.717, 1.165) is 30.8 Å². The van der Waals surface area contributed by atoms with Crippen molar-refractivity contribution >= 4 is 44.8 Å². The van der Waals surface area contributed by atoms with Crippen LogP contribution in [-0.4, -0.2) is 92.2 Å². The molecule has 2 saturated heterocycles. The monoisotopic (exact) mass is 546 g/mol. The van der Waals surface area contributed by atoms with Crippen LogP contribution < -0.4 is 5.32 Å². The normalized spacial score (nSPS) is 21.6.